The predicted molar refractivity (Wildman–Crippen MR) is 237 cm³/mol. The van der Waals surface area contributed by atoms with Crippen molar-refractivity contribution in [3.8, 4) is 17.2 Å². The second-order valence-electron chi connectivity index (χ2n) is 15.5. The second-order valence-corrected chi connectivity index (χ2v) is 16.5. The van der Waals surface area contributed by atoms with Crippen LogP contribution in [0, 0.1) is 18.8 Å². The summed E-state index contributed by atoms with van der Waals surface area (Å²) in [6, 6.07) is 18.2. The molecule has 0 amide bonds. The molecule has 11 heteroatoms. The minimum atomic E-state index is -0.528. The van der Waals surface area contributed by atoms with Gasteiger partial charge in [0.15, 0.2) is 0 Å². The molecule has 5 rings (SSSR count). The highest BCUT2D eigenvalue weighted by atomic mass is 32.1. The summed E-state index contributed by atoms with van der Waals surface area (Å²) in [4.78, 5) is 43.1. The van der Waals surface area contributed by atoms with E-state index in [0.717, 1.165) is 92.8 Å². The summed E-state index contributed by atoms with van der Waals surface area (Å²) in [5.74, 6) is 0.780. The van der Waals surface area contributed by atoms with Gasteiger partial charge in [0.25, 0.3) is 0 Å². The van der Waals surface area contributed by atoms with Crippen LogP contribution < -0.4 is 19.6 Å². The SMILES string of the molecule is C=CC(=O)OCCCCCCOc1ccc(C(=O)Oc2ccc(OC(=O)C3CCC(CCCC)CC3)cc2C(CCCCCC)=NNc2nc3ccc(C)cc3s2)cc1. The van der Waals surface area contributed by atoms with E-state index in [2.05, 4.69) is 38.8 Å². The zero-order valence-electron chi connectivity index (χ0n) is 35.1. The molecule has 0 radical (unpaired) electrons. The number of thiazole rings is 1. The molecule has 10 nitrogen and oxygen atoms in total. The van der Waals surface area contributed by atoms with E-state index in [0.29, 0.717) is 64.8 Å². The molecular formula is C48H61N3O7S. The summed E-state index contributed by atoms with van der Waals surface area (Å²) < 4.78 is 24.1. The smallest absolute Gasteiger partial charge is 0.343 e. The van der Waals surface area contributed by atoms with Crippen LogP contribution in [0.4, 0.5) is 5.13 Å². The van der Waals surface area contributed by atoms with Crippen molar-refractivity contribution in [3.05, 3.63) is 90.0 Å². The van der Waals surface area contributed by atoms with Gasteiger partial charge in [-0.1, -0.05) is 76.4 Å². The number of hydrazone groups is 1. The highest BCUT2D eigenvalue weighted by molar-refractivity contribution is 7.22. The van der Waals surface area contributed by atoms with Gasteiger partial charge >= 0.3 is 17.9 Å². The highest BCUT2D eigenvalue weighted by Crippen LogP contribution is 2.34. The maximum atomic E-state index is 13.7. The maximum absolute atomic E-state index is 13.7. The average Bonchev–Trinajstić information content (AvgIpc) is 3.66. The van der Waals surface area contributed by atoms with E-state index in [1.54, 1.807) is 42.5 Å². The van der Waals surface area contributed by atoms with Crippen molar-refractivity contribution in [2.24, 2.45) is 16.9 Å². The van der Waals surface area contributed by atoms with Crippen LogP contribution >= 0.6 is 11.3 Å². The molecule has 316 valence electrons. The number of fused-ring (bicyclic) bond motifs is 1. The molecule has 0 bridgehead atoms. The Labute approximate surface area is 353 Å². The van der Waals surface area contributed by atoms with E-state index in [9.17, 15) is 14.4 Å². The van der Waals surface area contributed by atoms with Gasteiger partial charge < -0.3 is 18.9 Å². The van der Waals surface area contributed by atoms with Gasteiger partial charge in [-0.25, -0.2) is 14.6 Å². The summed E-state index contributed by atoms with van der Waals surface area (Å²) in [7, 11) is 0. The standard InChI is InChI=1S/C48H61N3O7S/c1-5-8-10-13-17-41(50-51-48-49-42-28-18-34(4)32-44(42)59-48)40-33-39(57-46(53)36-21-19-35(20-22-36)16-9-6-2)27-29-43(40)58-47(54)37-23-25-38(26-24-37)55-30-14-11-12-15-31-56-45(52)7-3/h7,18,23-29,32-33,35-36H,3,5-6,8-17,19-22,30-31H2,1-2,4H3,(H,49,51). The first-order valence-electron chi connectivity index (χ1n) is 21.6. The number of nitrogens with one attached hydrogen (secondary N) is 1. The zero-order valence-corrected chi connectivity index (χ0v) is 35.9. The minimum absolute atomic E-state index is 0.132. The Morgan fingerprint density at radius 2 is 1.56 bits per heavy atom. The van der Waals surface area contributed by atoms with Crippen molar-refractivity contribution in [3.63, 3.8) is 0 Å². The molecule has 1 N–H and O–H groups in total. The monoisotopic (exact) mass is 823 g/mol. The molecule has 0 aliphatic heterocycles. The van der Waals surface area contributed by atoms with Crippen LogP contribution in [0.3, 0.4) is 0 Å². The van der Waals surface area contributed by atoms with Crippen molar-refractivity contribution in [1.82, 2.24) is 4.98 Å². The van der Waals surface area contributed by atoms with E-state index in [1.165, 1.54) is 36.7 Å². The number of anilines is 1. The van der Waals surface area contributed by atoms with Gasteiger partial charge in [0, 0.05) is 11.6 Å². The minimum Gasteiger partial charge on any atom is -0.494 e. The fourth-order valence-electron chi connectivity index (χ4n) is 7.26. The third-order valence-corrected chi connectivity index (χ3v) is 11.7. The lowest BCUT2D eigenvalue weighted by Gasteiger charge is -2.27. The third kappa shape index (κ3) is 14.6. The van der Waals surface area contributed by atoms with Gasteiger partial charge in [0.1, 0.15) is 17.2 Å². The fourth-order valence-corrected chi connectivity index (χ4v) is 8.16. The number of hydrogen-bond acceptors (Lipinski definition) is 11. The number of hydrogen-bond donors (Lipinski definition) is 1. The Balaban J connectivity index is 1.31. The molecule has 4 aromatic rings. The number of rotatable bonds is 24. The van der Waals surface area contributed by atoms with Crippen LogP contribution in [0.5, 0.6) is 17.2 Å². The van der Waals surface area contributed by atoms with Crippen molar-refractivity contribution in [2.45, 2.75) is 124 Å². The summed E-state index contributed by atoms with van der Waals surface area (Å²) >= 11 is 1.52. The van der Waals surface area contributed by atoms with E-state index in [1.807, 2.05) is 12.1 Å². The largest absolute Gasteiger partial charge is 0.494 e. The number of benzene rings is 3. The number of aromatic nitrogens is 1. The van der Waals surface area contributed by atoms with E-state index in [4.69, 9.17) is 29.0 Å². The highest BCUT2D eigenvalue weighted by Gasteiger charge is 2.28. The topological polar surface area (TPSA) is 125 Å². The maximum Gasteiger partial charge on any atom is 0.343 e. The van der Waals surface area contributed by atoms with E-state index < -0.39 is 11.9 Å². The molecule has 0 spiro atoms. The zero-order chi connectivity index (χ0) is 41.8. The molecule has 1 heterocycles. The predicted octanol–water partition coefficient (Wildman–Crippen LogP) is 12.2. The molecule has 0 unspecified atom stereocenters. The molecule has 1 fully saturated rings. The number of carbonyl (C=O) groups is 3. The summed E-state index contributed by atoms with van der Waals surface area (Å²) in [6.07, 6.45) is 16.8. The van der Waals surface area contributed by atoms with Crippen molar-refractivity contribution >= 4 is 50.3 Å². The molecule has 1 saturated carbocycles. The first-order valence-corrected chi connectivity index (χ1v) is 22.4. The Morgan fingerprint density at radius 3 is 2.31 bits per heavy atom. The van der Waals surface area contributed by atoms with Gasteiger partial charge in [-0.2, -0.15) is 5.10 Å². The van der Waals surface area contributed by atoms with Crippen LogP contribution in [0.2, 0.25) is 0 Å². The number of unbranched alkanes of at least 4 members (excludes halogenated alkanes) is 7. The van der Waals surface area contributed by atoms with Crippen LogP contribution in [0.15, 0.2) is 78.4 Å². The molecule has 1 aromatic heterocycles. The molecule has 3 aromatic carbocycles. The quantitative estimate of drug-likeness (QED) is 0.0183. The van der Waals surface area contributed by atoms with Gasteiger partial charge in [0.05, 0.1) is 40.6 Å². The third-order valence-electron chi connectivity index (χ3n) is 10.7. The number of carbonyl (C=O) groups excluding carboxylic acids is 3. The van der Waals surface area contributed by atoms with Crippen LogP contribution in [0.25, 0.3) is 10.2 Å². The Bertz CT molecular complexity index is 2000. The molecule has 0 saturated heterocycles. The van der Waals surface area contributed by atoms with Crippen molar-refractivity contribution < 1.29 is 33.3 Å². The van der Waals surface area contributed by atoms with Gasteiger partial charge in [-0.05, 0) is 137 Å². The van der Waals surface area contributed by atoms with Crippen LogP contribution in [-0.2, 0) is 14.3 Å². The summed E-state index contributed by atoms with van der Waals surface area (Å²) in [5.41, 5.74) is 6.86. The average molecular weight is 824 g/mol. The van der Waals surface area contributed by atoms with Crippen molar-refractivity contribution in [2.75, 3.05) is 18.6 Å². The molecular weight excluding hydrogens is 763 g/mol. The fraction of sp³-hybridized carbons (Fsp3) is 0.479. The van der Waals surface area contributed by atoms with Gasteiger partial charge in [0.2, 0.25) is 5.13 Å². The molecule has 0 atom stereocenters. The summed E-state index contributed by atoms with van der Waals surface area (Å²) in [6.45, 7) is 10.8. The normalized spacial score (nSPS) is 15.4. The van der Waals surface area contributed by atoms with Gasteiger partial charge in [-0.3, -0.25) is 10.2 Å². The van der Waals surface area contributed by atoms with E-state index in [-0.39, 0.29) is 11.9 Å². The lowest BCUT2D eigenvalue weighted by molar-refractivity contribution is -0.140. The number of aryl methyl sites for hydroxylation is 1. The van der Waals surface area contributed by atoms with Crippen LogP contribution in [-0.4, -0.2) is 41.8 Å². The number of ether oxygens (including phenoxy) is 4. The second kappa shape index (κ2) is 24.1. The molecule has 1 aliphatic carbocycles. The molecule has 59 heavy (non-hydrogen) atoms. The lowest BCUT2D eigenvalue weighted by Crippen LogP contribution is -2.25. The molecule has 1 aliphatic rings. The van der Waals surface area contributed by atoms with Crippen molar-refractivity contribution in [1.29, 1.82) is 0 Å². The number of esters is 3. The van der Waals surface area contributed by atoms with Gasteiger partial charge in [-0.15, -0.1) is 0 Å². The first kappa shape index (κ1) is 45.1. The first-order chi connectivity index (χ1) is 28.8. The van der Waals surface area contributed by atoms with E-state index >= 15 is 0 Å². The number of nitrogens with zero attached hydrogens (tertiary/aromatic N) is 2. The Morgan fingerprint density at radius 1 is 0.831 bits per heavy atom. The lowest BCUT2D eigenvalue weighted by atomic mass is 9.80. The summed E-state index contributed by atoms with van der Waals surface area (Å²) in [5, 5.41) is 5.54. The Kier molecular flexibility index (Phi) is 18.4. The van der Waals surface area contributed by atoms with Crippen LogP contribution in [0.1, 0.15) is 138 Å². The Hall–Kier alpha value is -5.03.